The number of hydrogen-bond acceptors (Lipinski definition) is 5. The normalized spacial score (nSPS) is 12.9. The van der Waals surface area contributed by atoms with Crippen molar-refractivity contribution in [1.29, 1.82) is 0 Å². The van der Waals surface area contributed by atoms with Crippen LogP contribution in [-0.2, 0) is 19.4 Å². The lowest BCUT2D eigenvalue weighted by molar-refractivity contribution is -0.147. The molecule has 0 aliphatic heterocycles. The van der Waals surface area contributed by atoms with E-state index in [1.807, 2.05) is 0 Å². The number of methoxy groups -OCH3 is 1. The summed E-state index contributed by atoms with van der Waals surface area (Å²) in [7, 11) is -1.94. The lowest BCUT2D eigenvalue weighted by Crippen LogP contribution is -2.24. The minimum Gasteiger partial charge on any atom is -0.479 e. The van der Waals surface area contributed by atoms with Crippen LogP contribution in [0.25, 0.3) is 0 Å². The highest BCUT2D eigenvalue weighted by atomic mass is 32.2. The van der Waals surface area contributed by atoms with Crippen LogP contribution in [0.1, 0.15) is 6.92 Å². The number of ether oxygens (including phenoxy) is 2. The minimum absolute atomic E-state index is 0.204. The lowest BCUT2D eigenvalue weighted by atomic mass is 10.3. The zero-order valence-electron chi connectivity index (χ0n) is 9.84. The van der Waals surface area contributed by atoms with Gasteiger partial charge in [0.05, 0.1) is 12.0 Å². The Morgan fingerprint density at radius 2 is 1.76 bits per heavy atom. The summed E-state index contributed by atoms with van der Waals surface area (Å²) in [5, 5.41) is 0. The summed E-state index contributed by atoms with van der Waals surface area (Å²) in [5.74, 6) is -0.0764. The van der Waals surface area contributed by atoms with Crippen molar-refractivity contribution in [3.63, 3.8) is 0 Å². The molecule has 94 valence electrons. The summed E-state index contributed by atoms with van der Waals surface area (Å²) in [5.41, 5.74) is 0. The number of carbonyl (C=O) groups is 1. The minimum atomic E-state index is -3.22. The summed E-state index contributed by atoms with van der Waals surface area (Å²) in [6, 6.07) is 5.84. The second kappa shape index (κ2) is 5.18. The third-order valence-corrected chi connectivity index (χ3v) is 3.23. The van der Waals surface area contributed by atoms with Gasteiger partial charge < -0.3 is 9.47 Å². The Hall–Kier alpha value is -1.56. The van der Waals surface area contributed by atoms with Gasteiger partial charge in [-0.25, -0.2) is 13.2 Å². The molecule has 1 aromatic rings. The number of sulfone groups is 1. The van der Waals surface area contributed by atoms with E-state index >= 15 is 0 Å². The molecule has 0 saturated carbocycles. The van der Waals surface area contributed by atoms with E-state index in [2.05, 4.69) is 4.74 Å². The first-order valence-corrected chi connectivity index (χ1v) is 6.78. The highest BCUT2D eigenvalue weighted by molar-refractivity contribution is 7.90. The van der Waals surface area contributed by atoms with E-state index < -0.39 is 21.9 Å². The molecule has 5 nitrogen and oxygen atoms in total. The Morgan fingerprint density at radius 1 is 1.24 bits per heavy atom. The van der Waals surface area contributed by atoms with E-state index in [1.165, 1.54) is 31.4 Å². The van der Waals surface area contributed by atoms with Crippen LogP contribution in [0.5, 0.6) is 5.75 Å². The second-order valence-electron chi connectivity index (χ2n) is 3.53. The highest BCUT2D eigenvalue weighted by Gasteiger charge is 2.15. The molecule has 0 aliphatic carbocycles. The molecule has 17 heavy (non-hydrogen) atoms. The van der Waals surface area contributed by atoms with Gasteiger partial charge in [0.15, 0.2) is 15.9 Å². The van der Waals surface area contributed by atoms with Crippen molar-refractivity contribution in [2.75, 3.05) is 13.4 Å². The van der Waals surface area contributed by atoms with Crippen LogP contribution < -0.4 is 4.74 Å². The van der Waals surface area contributed by atoms with Gasteiger partial charge in [-0.3, -0.25) is 0 Å². The average molecular weight is 258 g/mol. The fourth-order valence-electron chi connectivity index (χ4n) is 1.18. The molecule has 0 unspecified atom stereocenters. The second-order valence-corrected chi connectivity index (χ2v) is 5.54. The molecule has 1 rings (SSSR count). The zero-order chi connectivity index (χ0) is 13.1. The van der Waals surface area contributed by atoms with Gasteiger partial charge in [0.1, 0.15) is 5.75 Å². The standard InChI is InChI=1S/C11H14O5S/c1-8(11(12)15-2)16-9-4-6-10(7-5-9)17(3,13)14/h4-8H,1-3H3/t8-/m1/s1. The fraction of sp³-hybridized carbons (Fsp3) is 0.364. The van der Waals surface area contributed by atoms with Crippen molar-refractivity contribution in [2.45, 2.75) is 17.9 Å². The molecule has 0 bridgehead atoms. The molecule has 1 aromatic carbocycles. The van der Waals surface area contributed by atoms with Crippen LogP contribution in [0.4, 0.5) is 0 Å². The predicted octanol–water partition coefficient (Wildman–Crippen LogP) is 1.03. The Bertz CT molecular complexity index is 489. The summed E-state index contributed by atoms with van der Waals surface area (Å²) in [6.07, 6.45) is 0.393. The highest BCUT2D eigenvalue weighted by Crippen LogP contribution is 2.17. The first kappa shape index (κ1) is 13.5. The van der Waals surface area contributed by atoms with E-state index in [9.17, 15) is 13.2 Å². The zero-order valence-corrected chi connectivity index (χ0v) is 10.7. The molecule has 6 heteroatoms. The summed E-state index contributed by atoms with van der Waals surface area (Å²) < 4.78 is 32.2. The molecule has 0 spiro atoms. The Morgan fingerprint density at radius 3 is 2.18 bits per heavy atom. The van der Waals surface area contributed by atoms with Gasteiger partial charge in [0.2, 0.25) is 0 Å². The maximum Gasteiger partial charge on any atom is 0.346 e. The van der Waals surface area contributed by atoms with Crippen molar-refractivity contribution < 1.29 is 22.7 Å². The summed E-state index contributed by atoms with van der Waals surface area (Å²) in [4.78, 5) is 11.3. The molecule has 0 radical (unpaired) electrons. The van der Waals surface area contributed by atoms with Gasteiger partial charge in [-0.15, -0.1) is 0 Å². The molecule has 0 N–H and O–H groups in total. The molecule has 0 heterocycles. The average Bonchev–Trinajstić information content (AvgIpc) is 2.27. The number of hydrogen-bond donors (Lipinski definition) is 0. The molecule has 0 saturated heterocycles. The molecule has 0 aliphatic rings. The number of carbonyl (C=O) groups excluding carboxylic acids is 1. The maximum atomic E-state index is 11.2. The molecule has 0 amide bonds. The SMILES string of the molecule is COC(=O)[C@@H](C)Oc1ccc(S(C)(=O)=O)cc1. The van der Waals surface area contributed by atoms with Crippen molar-refractivity contribution >= 4 is 15.8 Å². The van der Waals surface area contributed by atoms with Crippen LogP contribution in [-0.4, -0.2) is 33.9 Å². The number of esters is 1. The summed E-state index contributed by atoms with van der Waals surface area (Å²) in [6.45, 7) is 1.55. The number of benzene rings is 1. The van der Waals surface area contributed by atoms with Crippen LogP contribution >= 0.6 is 0 Å². The maximum absolute atomic E-state index is 11.2. The van der Waals surface area contributed by atoms with Gasteiger partial charge in [0, 0.05) is 6.26 Å². The van der Waals surface area contributed by atoms with Crippen LogP contribution in [0.3, 0.4) is 0 Å². The van der Waals surface area contributed by atoms with E-state index in [0.717, 1.165) is 6.26 Å². The van der Waals surface area contributed by atoms with Gasteiger partial charge in [-0.2, -0.15) is 0 Å². The molecular weight excluding hydrogens is 244 g/mol. The van der Waals surface area contributed by atoms with Crippen LogP contribution in [0.15, 0.2) is 29.2 Å². The first-order valence-electron chi connectivity index (χ1n) is 4.89. The molecule has 1 atom stereocenters. The lowest BCUT2D eigenvalue weighted by Gasteiger charge is -2.12. The van der Waals surface area contributed by atoms with Crippen molar-refractivity contribution in [1.82, 2.24) is 0 Å². The van der Waals surface area contributed by atoms with Crippen LogP contribution in [0, 0.1) is 0 Å². The van der Waals surface area contributed by atoms with E-state index in [0.29, 0.717) is 5.75 Å². The van der Waals surface area contributed by atoms with E-state index in [4.69, 9.17) is 4.74 Å². The van der Waals surface area contributed by atoms with Gasteiger partial charge >= 0.3 is 5.97 Å². The van der Waals surface area contributed by atoms with Crippen molar-refractivity contribution in [3.8, 4) is 5.75 Å². The van der Waals surface area contributed by atoms with Gasteiger partial charge in [-0.1, -0.05) is 0 Å². The predicted molar refractivity (Wildman–Crippen MR) is 61.7 cm³/mol. The van der Waals surface area contributed by atoms with Gasteiger partial charge in [-0.05, 0) is 31.2 Å². The first-order chi connectivity index (χ1) is 7.84. The van der Waals surface area contributed by atoms with Crippen molar-refractivity contribution in [3.05, 3.63) is 24.3 Å². The van der Waals surface area contributed by atoms with Crippen molar-refractivity contribution in [2.24, 2.45) is 0 Å². The Labute approximate surface area is 100 Å². The topological polar surface area (TPSA) is 69.7 Å². The summed E-state index contributed by atoms with van der Waals surface area (Å²) >= 11 is 0. The molecular formula is C11H14O5S. The Balaban J connectivity index is 2.79. The molecule has 0 aromatic heterocycles. The quantitative estimate of drug-likeness (QED) is 0.754. The Kier molecular flexibility index (Phi) is 4.11. The third-order valence-electron chi connectivity index (χ3n) is 2.10. The van der Waals surface area contributed by atoms with Crippen LogP contribution in [0.2, 0.25) is 0 Å². The van der Waals surface area contributed by atoms with E-state index in [-0.39, 0.29) is 4.90 Å². The monoisotopic (exact) mass is 258 g/mol. The fourth-order valence-corrected chi connectivity index (χ4v) is 1.81. The van der Waals surface area contributed by atoms with Gasteiger partial charge in [0.25, 0.3) is 0 Å². The smallest absolute Gasteiger partial charge is 0.346 e. The molecule has 0 fully saturated rings. The van der Waals surface area contributed by atoms with E-state index in [1.54, 1.807) is 6.92 Å². The third kappa shape index (κ3) is 3.74. The number of rotatable bonds is 4. The largest absolute Gasteiger partial charge is 0.479 e.